The van der Waals surface area contributed by atoms with E-state index in [4.69, 9.17) is 4.74 Å². The van der Waals surface area contributed by atoms with Gasteiger partial charge in [-0.05, 0) is 27.7 Å². The van der Waals surface area contributed by atoms with Gasteiger partial charge in [-0.1, -0.05) is 0 Å². The first kappa shape index (κ1) is 18.4. The topological polar surface area (TPSA) is 59.1 Å². The minimum Gasteiger partial charge on any atom is -0.444 e. The zero-order chi connectivity index (χ0) is 17.1. The van der Waals surface area contributed by atoms with Gasteiger partial charge in [-0.3, -0.25) is 0 Å². The molecule has 0 N–H and O–H groups in total. The number of ether oxygens (including phenoxy) is 2. The fourth-order valence-electron chi connectivity index (χ4n) is 1.69. The van der Waals surface area contributed by atoms with Crippen molar-refractivity contribution in [3.8, 4) is 0 Å². The van der Waals surface area contributed by atoms with E-state index in [1.807, 2.05) is 0 Å². The maximum Gasteiger partial charge on any atom is 0.425 e. The van der Waals surface area contributed by atoms with Crippen LogP contribution in [0.1, 0.15) is 27.7 Å². The molecule has 1 aliphatic rings. The van der Waals surface area contributed by atoms with Crippen molar-refractivity contribution in [2.24, 2.45) is 0 Å². The quantitative estimate of drug-likeness (QED) is 0.743. The zero-order valence-electron chi connectivity index (χ0n) is 13.1. The van der Waals surface area contributed by atoms with E-state index in [0.717, 1.165) is 11.8 Å². The largest absolute Gasteiger partial charge is 0.444 e. The van der Waals surface area contributed by atoms with Crippen molar-refractivity contribution in [3.05, 3.63) is 0 Å². The highest BCUT2D eigenvalue weighted by Gasteiger charge is 2.40. The number of carbonyl (C=O) groups excluding carboxylic acids is 2. The standard InChI is InChI=1S/C13H21F3N2O4/c1-9(13(14,15)16)21-10(19)17-5-7-18(8-6-17)11(20)22-12(2,3)4/h9H,5-8H2,1-4H3. The van der Waals surface area contributed by atoms with Gasteiger partial charge in [0.05, 0.1) is 0 Å². The molecule has 128 valence electrons. The van der Waals surface area contributed by atoms with Crippen LogP contribution in [-0.2, 0) is 9.47 Å². The highest BCUT2D eigenvalue weighted by Crippen LogP contribution is 2.23. The molecule has 22 heavy (non-hydrogen) atoms. The van der Waals surface area contributed by atoms with E-state index < -0.39 is 30.1 Å². The van der Waals surface area contributed by atoms with Gasteiger partial charge in [0.25, 0.3) is 0 Å². The molecule has 0 bridgehead atoms. The van der Waals surface area contributed by atoms with Crippen molar-refractivity contribution in [1.82, 2.24) is 9.80 Å². The molecule has 1 fully saturated rings. The number of alkyl halides is 3. The van der Waals surface area contributed by atoms with E-state index in [9.17, 15) is 22.8 Å². The van der Waals surface area contributed by atoms with Crippen molar-refractivity contribution in [1.29, 1.82) is 0 Å². The number of hydrogen-bond donors (Lipinski definition) is 0. The van der Waals surface area contributed by atoms with Crippen molar-refractivity contribution in [2.75, 3.05) is 26.2 Å². The van der Waals surface area contributed by atoms with Crippen LogP contribution >= 0.6 is 0 Å². The fraction of sp³-hybridized carbons (Fsp3) is 0.846. The van der Waals surface area contributed by atoms with Gasteiger partial charge >= 0.3 is 18.4 Å². The number of halogens is 3. The summed E-state index contributed by atoms with van der Waals surface area (Å²) in [5.41, 5.74) is -0.630. The van der Waals surface area contributed by atoms with Crippen LogP contribution in [0.4, 0.5) is 22.8 Å². The molecule has 1 heterocycles. The van der Waals surface area contributed by atoms with E-state index in [1.165, 1.54) is 4.90 Å². The summed E-state index contributed by atoms with van der Waals surface area (Å²) in [7, 11) is 0. The van der Waals surface area contributed by atoms with Crippen molar-refractivity contribution >= 4 is 12.2 Å². The predicted octanol–water partition coefficient (Wildman–Crippen LogP) is 2.63. The average molecular weight is 326 g/mol. The first-order valence-electron chi connectivity index (χ1n) is 6.90. The van der Waals surface area contributed by atoms with E-state index in [1.54, 1.807) is 20.8 Å². The Labute approximate surface area is 127 Å². The second kappa shape index (κ2) is 6.62. The van der Waals surface area contributed by atoms with Gasteiger partial charge in [0.1, 0.15) is 5.60 Å². The molecule has 1 atom stereocenters. The molecule has 1 aliphatic heterocycles. The maximum atomic E-state index is 12.3. The molecular formula is C13H21F3N2O4. The lowest BCUT2D eigenvalue weighted by Gasteiger charge is -2.35. The molecule has 0 spiro atoms. The third-order valence-electron chi connectivity index (χ3n) is 2.93. The molecule has 0 aliphatic carbocycles. The summed E-state index contributed by atoms with van der Waals surface area (Å²) >= 11 is 0. The first-order valence-corrected chi connectivity index (χ1v) is 6.90. The highest BCUT2D eigenvalue weighted by atomic mass is 19.4. The number of amides is 2. The molecule has 9 heteroatoms. The lowest BCUT2D eigenvalue weighted by Crippen LogP contribution is -2.52. The van der Waals surface area contributed by atoms with E-state index in [-0.39, 0.29) is 26.2 Å². The monoisotopic (exact) mass is 326 g/mol. The maximum absolute atomic E-state index is 12.3. The lowest BCUT2D eigenvalue weighted by atomic mass is 10.2. The van der Waals surface area contributed by atoms with Gasteiger partial charge in [-0.25, -0.2) is 9.59 Å². The summed E-state index contributed by atoms with van der Waals surface area (Å²) in [6.45, 7) is 6.54. The molecule has 6 nitrogen and oxygen atoms in total. The van der Waals surface area contributed by atoms with Gasteiger partial charge in [0.15, 0.2) is 6.10 Å². The number of hydrogen-bond acceptors (Lipinski definition) is 4. The summed E-state index contributed by atoms with van der Waals surface area (Å²) in [6, 6.07) is 0. The molecule has 1 unspecified atom stereocenters. The Balaban J connectivity index is 2.45. The lowest BCUT2D eigenvalue weighted by molar-refractivity contribution is -0.199. The molecule has 0 aromatic rings. The molecule has 1 rings (SSSR count). The number of nitrogens with zero attached hydrogens (tertiary/aromatic N) is 2. The van der Waals surface area contributed by atoms with Crippen LogP contribution in [-0.4, -0.2) is 66.0 Å². The van der Waals surface area contributed by atoms with Crippen LogP contribution in [0.3, 0.4) is 0 Å². The third kappa shape index (κ3) is 5.61. The van der Waals surface area contributed by atoms with E-state index >= 15 is 0 Å². The second-order valence-electron chi connectivity index (χ2n) is 6.02. The minimum absolute atomic E-state index is 0.0999. The van der Waals surface area contributed by atoms with Crippen LogP contribution in [0.5, 0.6) is 0 Å². The SMILES string of the molecule is CC(OC(=O)N1CCN(C(=O)OC(C)(C)C)CC1)C(F)(F)F. The Hall–Kier alpha value is -1.67. The zero-order valence-corrected chi connectivity index (χ0v) is 13.1. The van der Waals surface area contributed by atoms with Gasteiger partial charge in [-0.15, -0.1) is 0 Å². The molecule has 0 saturated carbocycles. The van der Waals surface area contributed by atoms with Crippen LogP contribution in [0.25, 0.3) is 0 Å². The predicted molar refractivity (Wildman–Crippen MR) is 71.4 cm³/mol. The van der Waals surface area contributed by atoms with Crippen LogP contribution < -0.4 is 0 Å². The number of piperazine rings is 1. The highest BCUT2D eigenvalue weighted by molar-refractivity contribution is 5.70. The average Bonchev–Trinajstić information content (AvgIpc) is 2.35. The smallest absolute Gasteiger partial charge is 0.425 e. The molecule has 1 saturated heterocycles. The molecule has 2 amide bonds. The van der Waals surface area contributed by atoms with Crippen LogP contribution in [0, 0.1) is 0 Å². The number of carbonyl (C=O) groups is 2. The fourth-order valence-corrected chi connectivity index (χ4v) is 1.69. The van der Waals surface area contributed by atoms with Crippen LogP contribution in [0.15, 0.2) is 0 Å². The summed E-state index contributed by atoms with van der Waals surface area (Å²) in [4.78, 5) is 26.0. The normalized spacial score (nSPS) is 18.0. The summed E-state index contributed by atoms with van der Waals surface area (Å²) < 4.78 is 46.6. The van der Waals surface area contributed by atoms with E-state index in [0.29, 0.717) is 0 Å². The first-order chi connectivity index (χ1) is 9.90. The Morgan fingerprint density at radius 1 is 0.955 bits per heavy atom. The van der Waals surface area contributed by atoms with Crippen molar-refractivity contribution in [2.45, 2.75) is 45.6 Å². The molecular weight excluding hydrogens is 305 g/mol. The van der Waals surface area contributed by atoms with Gasteiger partial charge in [0.2, 0.25) is 0 Å². The van der Waals surface area contributed by atoms with Crippen molar-refractivity contribution in [3.63, 3.8) is 0 Å². The van der Waals surface area contributed by atoms with Gasteiger partial charge in [-0.2, -0.15) is 13.2 Å². The Kier molecular flexibility index (Phi) is 5.53. The summed E-state index contributed by atoms with van der Waals surface area (Å²) in [5.74, 6) is 0. The van der Waals surface area contributed by atoms with Gasteiger partial charge in [0, 0.05) is 26.2 Å². The summed E-state index contributed by atoms with van der Waals surface area (Å²) in [5, 5.41) is 0. The molecule has 0 aromatic heterocycles. The molecule has 0 radical (unpaired) electrons. The third-order valence-corrected chi connectivity index (χ3v) is 2.93. The van der Waals surface area contributed by atoms with Crippen molar-refractivity contribution < 1.29 is 32.2 Å². The molecule has 0 aromatic carbocycles. The minimum atomic E-state index is -4.59. The second-order valence-corrected chi connectivity index (χ2v) is 6.02. The number of rotatable bonds is 1. The Morgan fingerprint density at radius 3 is 1.73 bits per heavy atom. The Bertz CT molecular complexity index is 412. The Morgan fingerprint density at radius 2 is 1.36 bits per heavy atom. The van der Waals surface area contributed by atoms with E-state index in [2.05, 4.69) is 4.74 Å². The van der Waals surface area contributed by atoms with Gasteiger partial charge < -0.3 is 19.3 Å². The van der Waals surface area contributed by atoms with Crippen LogP contribution in [0.2, 0.25) is 0 Å². The summed E-state index contributed by atoms with van der Waals surface area (Å²) in [6.07, 6.45) is -8.30.